The lowest BCUT2D eigenvalue weighted by Gasteiger charge is -2.06. The molecule has 3 rings (SSSR count). The first-order valence-electron chi connectivity index (χ1n) is 7.89. The van der Waals surface area contributed by atoms with Crippen molar-refractivity contribution in [3.8, 4) is 5.75 Å². The number of fused-ring (bicyclic) bond motifs is 1. The van der Waals surface area contributed by atoms with Gasteiger partial charge in [-0.2, -0.15) is 0 Å². The highest BCUT2D eigenvalue weighted by molar-refractivity contribution is 7.22. The predicted molar refractivity (Wildman–Crippen MR) is 99.7 cm³/mol. The summed E-state index contributed by atoms with van der Waals surface area (Å²) in [6.45, 7) is 2.47. The molecule has 8 heteroatoms. The quantitative estimate of drug-likeness (QED) is 0.511. The molecule has 26 heavy (non-hydrogen) atoms. The summed E-state index contributed by atoms with van der Waals surface area (Å²) >= 11 is 1.41. The Hall–Kier alpha value is -3.13. The van der Waals surface area contributed by atoms with Crippen LogP contribution in [0, 0.1) is 0 Å². The zero-order chi connectivity index (χ0) is 18.5. The van der Waals surface area contributed by atoms with Gasteiger partial charge in [0.05, 0.1) is 24.0 Å². The first-order valence-corrected chi connectivity index (χ1v) is 8.71. The fourth-order valence-corrected chi connectivity index (χ4v) is 3.14. The van der Waals surface area contributed by atoms with E-state index < -0.39 is 5.97 Å². The van der Waals surface area contributed by atoms with E-state index in [0.29, 0.717) is 28.6 Å². The maximum absolute atomic E-state index is 12.2. The second-order valence-electron chi connectivity index (χ2n) is 5.20. The zero-order valence-corrected chi connectivity index (χ0v) is 15.1. The number of hydrogen-bond donors (Lipinski definition) is 2. The Morgan fingerprint density at radius 2 is 1.85 bits per heavy atom. The smallest absolute Gasteiger partial charge is 0.337 e. The molecule has 0 saturated heterocycles. The van der Waals surface area contributed by atoms with Crippen LogP contribution < -0.4 is 15.6 Å². The molecule has 2 N–H and O–H groups in total. The molecule has 7 nitrogen and oxygen atoms in total. The monoisotopic (exact) mass is 371 g/mol. The summed E-state index contributed by atoms with van der Waals surface area (Å²) in [6, 6.07) is 11.9. The third kappa shape index (κ3) is 3.75. The van der Waals surface area contributed by atoms with Gasteiger partial charge in [-0.3, -0.25) is 15.6 Å². The van der Waals surface area contributed by atoms with Crippen LogP contribution in [0.25, 0.3) is 10.2 Å². The summed E-state index contributed by atoms with van der Waals surface area (Å²) in [5.41, 5.74) is 6.94. The molecule has 1 amide bonds. The third-order valence-electron chi connectivity index (χ3n) is 3.53. The number of carbonyl (C=O) groups excluding carboxylic acids is 2. The van der Waals surface area contributed by atoms with E-state index in [1.165, 1.54) is 30.6 Å². The van der Waals surface area contributed by atoms with Gasteiger partial charge >= 0.3 is 5.97 Å². The maximum Gasteiger partial charge on any atom is 0.337 e. The molecule has 0 unspecified atom stereocenters. The van der Waals surface area contributed by atoms with E-state index in [4.69, 9.17) is 4.74 Å². The molecule has 0 aliphatic carbocycles. The molecular weight excluding hydrogens is 354 g/mol. The summed E-state index contributed by atoms with van der Waals surface area (Å²) in [5.74, 6) is -0.0839. The van der Waals surface area contributed by atoms with Gasteiger partial charge in [-0.05, 0) is 43.3 Å². The van der Waals surface area contributed by atoms with Gasteiger partial charge in [0.25, 0.3) is 5.91 Å². The molecule has 2 aromatic carbocycles. The number of hydrazine groups is 1. The first kappa shape index (κ1) is 17.7. The van der Waals surface area contributed by atoms with Gasteiger partial charge in [0.1, 0.15) is 11.3 Å². The number of para-hydroxylation sites is 1. The van der Waals surface area contributed by atoms with Crippen LogP contribution in [0.3, 0.4) is 0 Å². The SMILES string of the molecule is CCOc1cccc2sc(NNC(=O)c3ccc(C(=O)OC)cc3)nc12. The molecule has 1 aromatic heterocycles. The molecule has 0 saturated carbocycles. The molecule has 0 bridgehead atoms. The van der Waals surface area contributed by atoms with Crippen LogP contribution in [-0.2, 0) is 4.74 Å². The van der Waals surface area contributed by atoms with Gasteiger partial charge in [-0.15, -0.1) is 0 Å². The van der Waals surface area contributed by atoms with E-state index in [1.807, 2.05) is 25.1 Å². The van der Waals surface area contributed by atoms with Crippen LogP contribution in [0.5, 0.6) is 5.75 Å². The van der Waals surface area contributed by atoms with Crippen LogP contribution in [-0.4, -0.2) is 30.6 Å². The van der Waals surface area contributed by atoms with Crippen molar-refractivity contribution >= 4 is 38.6 Å². The molecule has 1 heterocycles. The number of rotatable bonds is 6. The van der Waals surface area contributed by atoms with E-state index >= 15 is 0 Å². The summed E-state index contributed by atoms with van der Waals surface area (Å²) in [7, 11) is 1.31. The number of methoxy groups -OCH3 is 1. The van der Waals surface area contributed by atoms with Crippen molar-refractivity contribution in [1.29, 1.82) is 0 Å². The second kappa shape index (κ2) is 7.83. The molecule has 0 atom stereocenters. The minimum atomic E-state index is -0.449. The van der Waals surface area contributed by atoms with Crippen LogP contribution in [0.15, 0.2) is 42.5 Å². The summed E-state index contributed by atoms with van der Waals surface area (Å²) < 4.78 is 11.1. The van der Waals surface area contributed by atoms with Gasteiger partial charge in [-0.1, -0.05) is 17.4 Å². The number of thiazole rings is 1. The Kier molecular flexibility index (Phi) is 5.33. The fraction of sp³-hybridized carbons (Fsp3) is 0.167. The molecule has 3 aromatic rings. The number of aromatic nitrogens is 1. The Bertz CT molecular complexity index is 937. The highest BCUT2D eigenvalue weighted by Crippen LogP contribution is 2.31. The van der Waals surface area contributed by atoms with Crippen molar-refractivity contribution < 1.29 is 19.1 Å². The van der Waals surface area contributed by atoms with Gasteiger partial charge in [-0.25, -0.2) is 9.78 Å². The highest BCUT2D eigenvalue weighted by atomic mass is 32.1. The number of nitrogens with zero attached hydrogens (tertiary/aromatic N) is 1. The molecule has 134 valence electrons. The lowest BCUT2D eigenvalue weighted by atomic mass is 10.1. The van der Waals surface area contributed by atoms with Crippen LogP contribution >= 0.6 is 11.3 Å². The van der Waals surface area contributed by atoms with E-state index in [0.717, 1.165) is 10.2 Å². The third-order valence-corrected chi connectivity index (χ3v) is 4.47. The molecule has 0 fully saturated rings. The van der Waals surface area contributed by atoms with Gasteiger partial charge in [0, 0.05) is 5.56 Å². The minimum Gasteiger partial charge on any atom is -0.492 e. The van der Waals surface area contributed by atoms with Gasteiger partial charge in [0.2, 0.25) is 5.13 Å². The van der Waals surface area contributed by atoms with Crippen LogP contribution in [0.2, 0.25) is 0 Å². The number of carbonyl (C=O) groups is 2. The number of esters is 1. The van der Waals surface area contributed by atoms with E-state index in [9.17, 15) is 9.59 Å². The zero-order valence-electron chi connectivity index (χ0n) is 14.2. The minimum absolute atomic E-state index is 0.342. The van der Waals surface area contributed by atoms with Crippen LogP contribution in [0.1, 0.15) is 27.6 Å². The van der Waals surface area contributed by atoms with Crippen molar-refractivity contribution in [2.24, 2.45) is 0 Å². The Morgan fingerprint density at radius 1 is 1.12 bits per heavy atom. The first-order chi connectivity index (χ1) is 12.6. The standard InChI is InChI=1S/C18H17N3O4S/c1-3-25-13-5-4-6-14-15(13)19-18(26-14)21-20-16(22)11-7-9-12(10-8-11)17(23)24-2/h4-10H,3H2,1-2H3,(H,19,21)(H,20,22). The summed E-state index contributed by atoms with van der Waals surface area (Å²) in [5, 5.41) is 0.548. The number of anilines is 1. The molecule has 0 aliphatic rings. The molecular formula is C18H17N3O4S. The average Bonchev–Trinajstić information content (AvgIpc) is 3.10. The Morgan fingerprint density at radius 3 is 2.54 bits per heavy atom. The highest BCUT2D eigenvalue weighted by Gasteiger charge is 2.11. The average molecular weight is 371 g/mol. The Labute approximate surface area is 153 Å². The fourth-order valence-electron chi connectivity index (χ4n) is 2.31. The summed E-state index contributed by atoms with van der Waals surface area (Å²) in [6.07, 6.45) is 0. The predicted octanol–water partition coefficient (Wildman–Crippen LogP) is 3.24. The van der Waals surface area contributed by atoms with Crippen molar-refractivity contribution in [2.45, 2.75) is 6.92 Å². The van der Waals surface area contributed by atoms with E-state index in [2.05, 4.69) is 20.6 Å². The number of amides is 1. The second-order valence-corrected chi connectivity index (χ2v) is 6.23. The largest absolute Gasteiger partial charge is 0.492 e. The lowest BCUT2D eigenvalue weighted by molar-refractivity contribution is 0.0600. The number of nitrogens with one attached hydrogen (secondary N) is 2. The molecule has 0 spiro atoms. The van der Waals surface area contributed by atoms with Crippen molar-refractivity contribution in [2.75, 3.05) is 19.1 Å². The van der Waals surface area contributed by atoms with E-state index in [1.54, 1.807) is 12.1 Å². The lowest BCUT2D eigenvalue weighted by Crippen LogP contribution is -2.29. The van der Waals surface area contributed by atoms with E-state index in [-0.39, 0.29) is 5.91 Å². The Balaban J connectivity index is 1.68. The maximum atomic E-state index is 12.2. The van der Waals surface area contributed by atoms with Crippen molar-refractivity contribution in [1.82, 2.24) is 10.4 Å². The van der Waals surface area contributed by atoms with Crippen molar-refractivity contribution in [3.63, 3.8) is 0 Å². The van der Waals surface area contributed by atoms with Crippen molar-refractivity contribution in [3.05, 3.63) is 53.6 Å². The molecule has 0 radical (unpaired) electrons. The van der Waals surface area contributed by atoms with Gasteiger partial charge in [0.15, 0.2) is 0 Å². The van der Waals surface area contributed by atoms with Gasteiger partial charge < -0.3 is 9.47 Å². The topological polar surface area (TPSA) is 89.6 Å². The number of ether oxygens (including phenoxy) is 2. The molecule has 0 aliphatic heterocycles. The number of hydrogen-bond acceptors (Lipinski definition) is 7. The number of benzene rings is 2. The van der Waals surface area contributed by atoms with Crippen LogP contribution in [0.4, 0.5) is 5.13 Å². The normalized spacial score (nSPS) is 10.4. The summed E-state index contributed by atoms with van der Waals surface area (Å²) in [4.78, 5) is 28.1.